The Hall–Kier alpha value is -0.575. The first-order valence-electron chi connectivity index (χ1n) is 8.25. The lowest BCUT2D eigenvalue weighted by atomic mass is 9.80. The van der Waals surface area contributed by atoms with Gasteiger partial charge in [0.2, 0.25) is 0 Å². The monoisotopic (exact) mass is 387 g/mol. The third-order valence-corrected chi connectivity index (χ3v) is 3.77. The van der Waals surface area contributed by atoms with Crippen LogP contribution < -0.4 is 0 Å². The molecule has 25 heavy (non-hydrogen) atoms. The highest BCUT2D eigenvalue weighted by molar-refractivity contribution is 6.61. The molecule has 0 amide bonds. The number of rotatable bonds is 7. The zero-order valence-electron chi connectivity index (χ0n) is 14.7. The molecule has 0 spiro atoms. The predicted molar refractivity (Wildman–Crippen MR) is 80.1 cm³/mol. The molecule has 0 unspecified atom stereocenters. The summed E-state index contributed by atoms with van der Waals surface area (Å²) in [5.74, 6) is -5.77. The summed E-state index contributed by atoms with van der Waals surface area (Å²) in [6.45, 7) is 5.45. The molecular formula is C14H26BF8NO. The second-order valence-corrected chi connectivity index (χ2v) is 6.81. The van der Waals surface area contributed by atoms with E-state index in [-0.39, 0.29) is 0 Å². The van der Waals surface area contributed by atoms with Crippen molar-refractivity contribution in [3.8, 4) is 0 Å². The molecule has 1 saturated heterocycles. The average Bonchev–Trinajstić information content (AvgIpc) is 2.85. The molecule has 0 atom stereocenters. The molecule has 0 N–H and O–H groups in total. The summed E-state index contributed by atoms with van der Waals surface area (Å²) in [4.78, 5) is 0. The Morgan fingerprint density at radius 1 is 1.00 bits per heavy atom. The van der Waals surface area contributed by atoms with E-state index < -0.39 is 19.0 Å². The topological polar surface area (TPSA) is 9.23 Å². The molecule has 0 aliphatic carbocycles. The number of hydrogen-bond acceptors (Lipinski definition) is 1. The lowest BCUT2D eigenvalue weighted by Gasteiger charge is -2.35. The second-order valence-electron chi connectivity index (χ2n) is 6.81. The van der Waals surface area contributed by atoms with Gasteiger partial charge in [-0.05, 0) is 6.42 Å². The van der Waals surface area contributed by atoms with Crippen molar-refractivity contribution in [3.63, 3.8) is 0 Å². The number of ether oxygens (including phenoxy) is 1. The second kappa shape index (κ2) is 9.39. The van der Waals surface area contributed by atoms with Crippen LogP contribution in [-0.4, -0.2) is 56.4 Å². The summed E-state index contributed by atoms with van der Waals surface area (Å²) in [6.07, 6.45) is -2.63. The minimum atomic E-state index is -7.21. The fraction of sp³-hybridized carbons (Fsp3) is 1.00. The van der Waals surface area contributed by atoms with Crippen LogP contribution in [0.2, 0.25) is 0 Å². The standard InChI is InChI=1S/C12H26NO.C2BF8/c1-4-9-14-11-13(10-12(2)3)7-5-6-8-13;4-1(5,2(6,7)8)3(9,10)11/h12H,4-11H2,1-3H3;/q+1;-1. The normalized spacial score (nSPS) is 18.2. The fourth-order valence-corrected chi connectivity index (χ4v) is 2.73. The Bertz CT molecular complexity index is 362. The van der Waals surface area contributed by atoms with Gasteiger partial charge in [0.15, 0.2) is 6.73 Å². The molecule has 1 heterocycles. The quantitative estimate of drug-likeness (QED) is 0.252. The smallest absolute Gasteiger partial charge is 0.445 e. The lowest BCUT2D eigenvalue weighted by Crippen LogP contribution is -2.53. The molecule has 0 aromatic carbocycles. The van der Waals surface area contributed by atoms with E-state index in [1.54, 1.807) is 0 Å². The molecule has 0 radical (unpaired) electrons. The van der Waals surface area contributed by atoms with Gasteiger partial charge in [-0.1, -0.05) is 20.8 Å². The number of alkyl halides is 5. The van der Waals surface area contributed by atoms with Crippen molar-refractivity contribution in [3.05, 3.63) is 0 Å². The third kappa shape index (κ3) is 7.68. The van der Waals surface area contributed by atoms with Gasteiger partial charge in [0.05, 0.1) is 26.2 Å². The van der Waals surface area contributed by atoms with Crippen LogP contribution in [0, 0.1) is 5.92 Å². The summed E-state index contributed by atoms with van der Waals surface area (Å²) >= 11 is 0. The van der Waals surface area contributed by atoms with Crippen molar-refractivity contribution < 1.29 is 44.1 Å². The first-order valence-corrected chi connectivity index (χ1v) is 8.25. The van der Waals surface area contributed by atoms with E-state index in [1.807, 2.05) is 0 Å². The van der Waals surface area contributed by atoms with Crippen LogP contribution in [0.5, 0.6) is 0 Å². The Labute approximate surface area is 143 Å². The van der Waals surface area contributed by atoms with E-state index in [9.17, 15) is 34.9 Å². The van der Waals surface area contributed by atoms with Gasteiger partial charge in [-0.2, -0.15) is 13.2 Å². The van der Waals surface area contributed by atoms with Crippen molar-refractivity contribution in [1.29, 1.82) is 0 Å². The molecule has 2 nitrogen and oxygen atoms in total. The summed E-state index contributed by atoms with van der Waals surface area (Å²) in [5, 5.41) is 0. The van der Waals surface area contributed by atoms with Gasteiger partial charge in [-0.3, -0.25) is 0 Å². The van der Waals surface area contributed by atoms with Crippen LogP contribution in [0.3, 0.4) is 0 Å². The zero-order chi connectivity index (χ0) is 19.9. The highest BCUT2D eigenvalue weighted by atomic mass is 19.4. The maximum Gasteiger partial charge on any atom is 0.558 e. The number of halogens is 8. The van der Waals surface area contributed by atoms with E-state index >= 15 is 0 Å². The van der Waals surface area contributed by atoms with Gasteiger partial charge >= 0.3 is 19.0 Å². The van der Waals surface area contributed by atoms with Crippen molar-refractivity contribution >= 4 is 6.98 Å². The van der Waals surface area contributed by atoms with E-state index in [0.717, 1.165) is 25.7 Å². The third-order valence-electron chi connectivity index (χ3n) is 3.77. The molecule has 0 saturated carbocycles. The molecule has 152 valence electrons. The van der Waals surface area contributed by atoms with Gasteiger partial charge in [-0.25, -0.2) is 8.78 Å². The molecule has 0 aromatic heterocycles. The maximum absolute atomic E-state index is 11.2. The van der Waals surface area contributed by atoms with E-state index in [0.29, 0.717) is 0 Å². The largest absolute Gasteiger partial charge is 0.558 e. The first-order chi connectivity index (χ1) is 11.2. The number of hydrogen-bond donors (Lipinski definition) is 0. The summed E-state index contributed by atoms with van der Waals surface area (Å²) < 4.78 is 94.8. The molecule has 1 rings (SSSR count). The number of likely N-dealkylation sites (tertiary alicyclic amines) is 1. The molecule has 0 bridgehead atoms. The first kappa shape index (κ1) is 24.4. The van der Waals surface area contributed by atoms with Crippen LogP contribution in [0.1, 0.15) is 40.0 Å². The van der Waals surface area contributed by atoms with Gasteiger partial charge in [0.1, 0.15) is 0 Å². The minimum Gasteiger partial charge on any atom is -0.445 e. The van der Waals surface area contributed by atoms with Crippen molar-refractivity contribution in [2.45, 2.75) is 52.0 Å². The summed E-state index contributed by atoms with van der Waals surface area (Å²) in [5.41, 5.74) is 0. The molecular weight excluding hydrogens is 361 g/mol. The van der Waals surface area contributed by atoms with Crippen LogP contribution in [0.25, 0.3) is 0 Å². The van der Waals surface area contributed by atoms with Crippen molar-refractivity contribution in [1.82, 2.24) is 0 Å². The highest BCUT2D eigenvalue weighted by Crippen LogP contribution is 2.44. The van der Waals surface area contributed by atoms with Crippen LogP contribution in [-0.2, 0) is 4.74 Å². The lowest BCUT2D eigenvalue weighted by molar-refractivity contribution is -0.937. The van der Waals surface area contributed by atoms with E-state index in [1.165, 1.54) is 37.0 Å². The molecule has 0 aromatic rings. The Kier molecular flexibility index (Phi) is 9.17. The number of nitrogens with zero attached hydrogens (tertiary/aromatic N) is 1. The predicted octanol–water partition coefficient (Wildman–Crippen LogP) is 5.21. The van der Waals surface area contributed by atoms with Gasteiger partial charge in [-0.15, -0.1) is 0 Å². The van der Waals surface area contributed by atoms with E-state index in [4.69, 9.17) is 4.74 Å². The van der Waals surface area contributed by atoms with Gasteiger partial charge in [0.25, 0.3) is 0 Å². The van der Waals surface area contributed by atoms with Crippen molar-refractivity contribution in [2.24, 2.45) is 5.92 Å². The highest BCUT2D eigenvalue weighted by Gasteiger charge is 2.69. The minimum absolute atomic E-state index is 0.790. The van der Waals surface area contributed by atoms with Crippen molar-refractivity contribution in [2.75, 3.05) is 33.0 Å². The average molecular weight is 387 g/mol. The zero-order valence-corrected chi connectivity index (χ0v) is 14.7. The van der Waals surface area contributed by atoms with Gasteiger partial charge in [0, 0.05) is 18.8 Å². The Balaban J connectivity index is 0.000000477. The van der Waals surface area contributed by atoms with Crippen LogP contribution in [0.15, 0.2) is 0 Å². The summed E-state index contributed by atoms with van der Waals surface area (Å²) in [7, 11) is 0. The molecule has 1 aliphatic heterocycles. The fourth-order valence-electron chi connectivity index (χ4n) is 2.73. The Morgan fingerprint density at radius 3 is 1.76 bits per heavy atom. The molecule has 1 aliphatic rings. The van der Waals surface area contributed by atoms with Crippen LogP contribution in [0.4, 0.5) is 34.9 Å². The SMILES string of the molecule is CCCOC[N+]1(CC(C)C)CCCC1.F[B-](F)(F)C(F)(F)C(F)(F)F. The number of quaternary nitrogens is 1. The molecule has 1 fully saturated rings. The summed E-state index contributed by atoms with van der Waals surface area (Å²) in [6, 6.07) is 0. The van der Waals surface area contributed by atoms with Crippen LogP contribution >= 0.6 is 0 Å². The maximum atomic E-state index is 11.2. The molecule has 11 heteroatoms. The van der Waals surface area contributed by atoms with E-state index in [2.05, 4.69) is 20.8 Å². The Morgan fingerprint density at radius 2 is 1.48 bits per heavy atom. The van der Waals surface area contributed by atoms with Gasteiger partial charge < -0.3 is 22.2 Å².